The van der Waals surface area contributed by atoms with Crippen LogP contribution in [-0.2, 0) is 0 Å². The number of benzene rings is 2. The molecule has 23 heavy (non-hydrogen) atoms. The van der Waals surface area contributed by atoms with Gasteiger partial charge in [-0.25, -0.2) is 9.97 Å². The third-order valence-corrected chi connectivity index (χ3v) is 3.91. The molecule has 0 saturated heterocycles. The van der Waals surface area contributed by atoms with Crippen molar-refractivity contribution in [1.29, 1.82) is 0 Å². The van der Waals surface area contributed by atoms with Crippen molar-refractivity contribution < 1.29 is 4.74 Å². The number of methoxy groups -OCH3 is 1. The molecule has 118 valence electrons. The smallest absolute Gasteiger partial charge is 0.153 e. The Labute approximate surface area is 144 Å². The summed E-state index contributed by atoms with van der Waals surface area (Å²) in [6.45, 7) is 2.74. The molecule has 0 aliphatic carbocycles. The fraction of sp³-hybridized carbons (Fsp3) is 0.176. The van der Waals surface area contributed by atoms with E-state index in [9.17, 15) is 0 Å². The molecule has 1 aromatic heterocycles. The molecular weight excluding hydrogens is 333 g/mol. The summed E-state index contributed by atoms with van der Waals surface area (Å²) < 4.78 is 5.25. The first-order valence-corrected chi connectivity index (χ1v) is 7.93. The highest BCUT2D eigenvalue weighted by atomic mass is 35.5. The Morgan fingerprint density at radius 1 is 1.09 bits per heavy atom. The number of hydrogen-bond acceptors (Lipinski definition) is 4. The molecule has 0 bridgehead atoms. The van der Waals surface area contributed by atoms with Gasteiger partial charge in [-0.05, 0) is 25.1 Å². The molecule has 0 amide bonds. The van der Waals surface area contributed by atoms with Crippen LogP contribution in [0.3, 0.4) is 0 Å². The van der Waals surface area contributed by atoms with Crippen LogP contribution in [0.5, 0.6) is 5.75 Å². The summed E-state index contributed by atoms with van der Waals surface area (Å²) in [5.41, 5.74) is 3.05. The summed E-state index contributed by atoms with van der Waals surface area (Å²) in [7, 11) is 1.58. The zero-order chi connectivity index (χ0) is 16.4. The summed E-state index contributed by atoms with van der Waals surface area (Å²) in [5.74, 6) is 1.28. The Balaban J connectivity index is 2.25. The zero-order valence-corrected chi connectivity index (χ0v) is 14.2. The maximum atomic E-state index is 6.20. The highest BCUT2D eigenvalue weighted by Gasteiger charge is 2.13. The van der Waals surface area contributed by atoms with Gasteiger partial charge in [0, 0.05) is 23.2 Å². The summed E-state index contributed by atoms with van der Waals surface area (Å²) in [6.07, 6.45) is 0. The van der Waals surface area contributed by atoms with E-state index in [1.54, 1.807) is 19.2 Å². The minimum atomic E-state index is 0.502. The second-order valence-corrected chi connectivity index (χ2v) is 5.78. The minimum Gasteiger partial charge on any atom is -0.495 e. The lowest BCUT2D eigenvalue weighted by atomic mass is 10.1. The average molecular weight is 348 g/mol. The lowest BCUT2D eigenvalue weighted by Crippen LogP contribution is -2.04. The van der Waals surface area contributed by atoms with Crippen molar-refractivity contribution in [1.82, 2.24) is 9.97 Å². The zero-order valence-electron chi connectivity index (χ0n) is 12.7. The molecule has 0 aliphatic rings. The van der Waals surface area contributed by atoms with Gasteiger partial charge in [0.2, 0.25) is 0 Å². The Morgan fingerprint density at radius 3 is 2.57 bits per heavy atom. The summed E-state index contributed by atoms with van der Waals surface area (Å²) >= 11 is 12.3. The monoisotopic (exact) mass is 347 g/mol. The number of fused-ring (bicyclic) bond motifs is 1. The van der Waals surface area contributed by atoms with Gasteiger partial charge in [-0.15, -0.1) is 0 Å². The first-order valence-electron chi connectivity index (χ1n) is 7.17. The van der Waals surface area contributed by atoms with E-state index in [1.165, 1.54) is 0 Å². The molecule has 0 radical (unpaired) electrons. The predicted molar refractivity (Wildman–Crippen MR) is 95.7 cm³/mol. The number of halogens is 2. The molecule has 0 unspecified atom stereocenters. The van der Waals surface area contributed by atoms with Crippen LogP contribution in [0.15, 0.2) is 36.4 Å². The summed E-state index contributed by atoms with van der Waals surface area (Å²) in [5, 5.41) is 4.40. The van der Waals surface area contributed by atoms with Gasteiger partial charge in [0.15, 0.2) is 5.82 Å². The number of rotatable bonds is 4. The average Bonchev–Trinajstić information content (AvgIpc) is 2.54. The first-order chi connectivity index (χ1) is 11.1. The van der Waals surface area contributed by atoms with Crippen molar-refractivity contribution in [3.63, 3.8) is 0 Å². The van der Waals surface area contributed by atoms with E-state index in [0.717, 1.165) is 17.8 Å². The van der Waals surface area contributed by atoms with Crippen molar-refractivity contribution >= 4 is 40.1 Å². The van der Waals surface area contributed by atoms with Gasteiger partial charge >= 0.3 is 0 Å². The van der Waals surface area contributed by atoms with Crippen LogP contribution in [0.2, 0.25) is 10.0 Å². The van der Waals surface area contributed by atoms with Gasteiger partial charge in [0.25, 0.3) is 0 Å². The summed E-state index contributed by atoms with van der Waals surface area (Å²) in [6, 6.07) is 11.1. The van der Waals surface area contributed by atoms with Crippen molar-refractivity contribution in [3.05, 3.63) is 46.4 Å². The standard InChI is InChI=1S/C17H15Cl2N3O/c1-3-20-17-16(10-5-4-6-11(18)7-10)21-13-8-12(19)15(23-2)9-14(13)22-17/h4-9H,3H2,1-2H3,(H,20,22). The lowest BCUT2D eigenvalue weighted by molar-refractivity contribution is 0.415. The van der Waals surface area contributed by atoms with E-state index in [-0.39, 0.29) is 0 Å². The van der Waals surface area contributed by atoms with Gasteiger partial charge in [-0.2, -0.15) is 0 Å². The van der Waals surface area contributed by atoms with Crippen LogP contribution in [0, 0.1) is 0 Å². The first kappa shape index (κ1) is 15.8. The fourth-order valence-corrected chi connectivity index (χ4v) is 2.77. The predicted octanol–water partition coefficient (Wildman–Crippen LogP) is 5.04. The van der Waals surface area contributed by atoms with Gasteiger partial charge in [0.05, 0.1) is 23.2 Å². The number of hydrogen-bond donors (Lipinski definition) is 1. The third-order valence-electron chi connectivity index (χ3n) is 3.38. The quantitative estimate of drug-likeness (QED) is 0.717. The van der Waals surface area contributed by atoms with Crippen LogP contribution >= 0.6 is 23.2 Å². The van der Waals surface area contributed by atoms with E-state index < -0.39 is 0 Å². The number of nitrogens with one attached hydrogen (secondary N) is 1. The molecule has 0 atom stereocenters. The molecule has 1 heterocycles. The van der Waals surface area contributed by atoms with E-state index in [0.29, 0.717) is 32.6 Å². The van der Waals surface area contributed by atoms with E-state index in [1.807, 2.05) is 31.2 Å². The summed E-state index contributed by atoms with van der Waals surface area (Å²) in [4.78, 5) is 9.38. The molecular formula is C17H15Cl2N3O. The third kappa shape index (κ3) is 3.19. The van der Waals surface area contributed by atoms with Crippen molar-refractivity contribution in [2.45, 2.75) is 6.92 Å². The lowest BCUT2D eigenvalue weighted by Gasteiger charge is -2.12. The van der Waals surface area contributed by atoms with Crippen LogP contribution < -0.4 is 10.1 Å². The number of ether oxygens (including phenoxy) is 1. The van der Waals surface area contributed by atoms with Crippen molar-refractivity contribution in [3.8, 4) is 17.0 Å². The Bertz CT molecular complexity index is 868. The van der Waals surface area contributed by atoms with Crippen LogP contribution in [-0.4, -0.2) is 23.6 Å². The number of nitrogens with zero attached hydrogens (tertiary/aromatic N) is 2. The van der Waals surface area contributed by atoms with Crippen LogP contribution in [0.25, 0.3) is 22.3 Å². The van der Waals surface area contributed by atoms with Crippen LogP contribution in [0.4, 0.5) is 5.82 Å². The second kappa shape index (κ2) is 6.60. The molecule has 0 spiro atoms. The Morgan fingerprint density at radius 2 is 1.87 bits per heavy atom. The molecule has 2 aromatic carbocycles. The number of aromatic nitrogens is 2. The molecule has 1 N–H and O–H groups in total. The van der Waals surface area contributed by atoms with Gasteiger partial charge in [-0.3, -0.25) is 0 Å². The molecule has 6 heteroatoms. The fourth-order valence-electron chi connectivity index (χ4n) is 2.34. The topological polar surface area (TPSA) is 47.0 Å². The van der Waals surface area contributed by atoms with E-state index in [2.05, 4.69) is 10.3 Å². The second-order valence-electron chi connectivity index (χ2n) is 4.94. The van der Waals surface area contributed by atoms with Gasteiger partial charge < -0.3 is 10.1 Å². The molecule has 0 aliphatic heterocycles. The van der Waals surface area contributed by atoms with Gasteiger partial charge in [-0.1, -0.05) is 35.3 Å². The molecule has 3 rings (SSSR count). The molecule has 0 saturated carbocycles. The van der Waals surface area contributed by atoms with Crippen molar-refractivity contribution in [2.75, 3.05) is 19.0 Å². The highest BCUT2D eigenvalue weighted by Crippen LogP contribution is 2.33. The Kier molecular flexibility index (Phi) is 4.55. The largest absolute Gasteiger partial charge is 0.495 e. The molecule has 3 aromatic rings. The highest BCUT2D eigenvalue weighted by molar-refractivity contribution is 6.32. The van der Waals surface area contributed by atoms with Gasteiger partial charge in [0.1, 0.15) is 11.4 Å². The normalized spacial score (nSPS) is 10.8. The Hall–Kier alpha value is -2.04. The molecule has 4 nitrogen and oxygen atoms in total. The number of anilines is 1. The van der Waals surface area contributed by atoms with E-state index in [4.69, 9.17) is 32.9 Å². The van der Waals surface area contributed by atoms with Crippen molar-refractivity contribution in [2.24, 2.45) is 0 Å². The maximum Gasteiger partial charge on any atom is 0.153 e. The van der Waals surface area contributed by atoms with E-state index >= 15 is 0 Å². The van der Waals surface area contributed by atoms with Crippen LogP contribution in [0.1, 0.15) is 6.92 Å². The minimum absolute atomic E-state index is 0.502. The SMILES string of the molecule is CCNc1nc2cc(OC)c(Cl)cc2nc1-c1cccc(Cl)c1. The maximum absolute atomic E-state index is 6.20. The molecule has 0 fully saturated rings.